The lowest BCUT2D eigenvalue weighted by molar-refractivity contribution is -0.128. The Morgan fingerprint density at radius 1 is 0.627 bits per heavy atom. The summed E-state index contributed by atoms with van der Waals surface area (Å²) in [6.07, 6.45) is 8.32. The van der Waals surface area contributed by atoms with E-state index in [0.717, 1.165) is 52.1 Å². The lowest BCUT2D eigenvalue weighted by atomic mass is 9.99. The van der Waals surface area contributed by atoms with Crippen LogP contribution in [0.2, 0.25) is 10.0 Å². The highest BCUT2D eigenvalue weighted by Gasteiger charge is 2.23. The van der Waals surface area contributed by atoms with Gasteiger partial charge in [0.15, 0.2) is 0 Å². The van der Waals surface area contributed by atoms with Gasteiger partial charge >= 0.3 is 0 Å². The molecule has 0 aliphatic carbocycles. The molecule has 0 aromatic heterocycles. The van der Waals surface area contributed by atoms with Crippen LogP contribution in [0.5, 0.6) is 0 Å². The van der Waals surface area contributed by atoms with Crippen LogP contribution in [0, 0.1) is 0 Å². The van der Waals surface area contributed by atoms with Gasteiger partial charge in [-0.2, -0.15) is 0 Å². The molecule has 6 nitrogen and oxygen atoms in total. The van der Waals surface area contributed by atoms with E-state index in [9.17, 15) is 19.8 Å². The van der Waals surface area contributed by atoms with Crippen molar-refractivity contribution in [2.24, 2.45) is 0 Å². The molecule has 4 aromatic rings. The Bertz CT molecular complexity index is 1850. The summed E-state index contributed by atoms with van der Waals surface area (Å²) in [4.78, 5) is 31.2. The van der Waals surface area contributed by atoms with E-state index in [1.54, 1.807) is 34.1 Å². The van der Waals surface area contributed by atoms with Crippen LogP contribution >= 0.6 is 66.8 Å². The quantitative estimate of drug-likeness (QED) is 0.173. The Hall–Kier alpha value is -2.89. The third-order valence-electron chi connectivity index (χ3n) is 9.15. The second-order valence-corrected chi connectivity index (χ2v) is 16.1. The molecule has 2 aliphatic heterocycles. The van der Waals surface area contributed by atoms with Gasteiger partial charge in [-0.15, -0.1) is 0 Å². The number of aliphatic hydroxyl groups is 2. The van der Waals surface area contributed by atoms with Crippen molar-refractivity contribution in [3.8, 4) is 22.3 Å². The number of aliphatic hydroxyl groups excluding tert-OH is 2. The molecule has 0 radical (unpaired) electrons. The van der Waals surface area contributed by atoms with E-state index in [2.05, 4.69) is 31.9 Å². The predicted molar refractivity (Wildman–Crippen MR) is 215 cm³/mol. The Labute approximate surface area is 329 Å². The molecule has 264 valence electrons. The van der Waals surface area contributed by atoms with Gasteiger partial charge in [-0.1, -0.05) is 115 Å². The number of benzene rings is 4. The van der Waals surface area contributed by atoms with Crippen molar-refractivity contribution >= 4 is 90.8 Å². The maximum absolute atomic E-state index is 13.1. The summed E-state index contributed by atoms with van der Waals surface area (Å²) in [7, 11) is 0. The molecule has 2 saturated heterocycles. The lowest BCUT2D eigenvalue weighted by Crippen LogP contribution is -2.39. The number of likely N-dealkylation sites (tertiary alicyclic amines) is 2. The minimum atomic E-state index is -0.361. The normalized spacial score (nSPS) is 16.0. The van der Waals surface area contributed by atoms with Gasteiger partial charge in [0.2, 0.25) is 11.8 Å². The first kappa shape index (κ1) is 37.9. The average Bonchev–Trinajstić information content (AvgIpc) is 3.13. The molecule has 11 heteroatoms. The second-order valence-electron chi connectivity index (χ2n) is 12.5. The molecule has 0 saturated carbocycles. The molecule has 2 N–H and O–H groups in total. The number of carbonyl (C=O) groups is 2. The molecule has 0 atom stereocenters. The fourth-order valence-corrected chi connectivity index (χ4v) is 8.92. The summed E-state index contributed by atoms with van der Waals surface area (Å²) >= 11 is 23.4. The molecule has 4 aromatic carbocycles. The number of hydrogen-bond donors (Lipinski definition) is 2. The Kier molecular flexibility index (Phi) is 12.8. The molecule has 0 bridgehead atoms. The van der Waals surface area contributed by atoms with E-state index in [0.29, 0.717) is 61.9 Å². The molecule has 2 aliphatic rings. The van der Waals surface area contributed by atoms with Gasteiger partial charge in [0.05, 0.1) is 22.3 Å². The number of hydrogen-bond acceptors (Lipinski definition) is 5. The van der Waals surface area contributed by atoms with Crippen molar-refractivity contribution < 1.29 is 19.8 Å². The van der Waals surface area contributed by atoms with Crippen molar-refractivity contribution in [1.82, 2.24) is 9.80 Å². The van der Waals surface area contributed by atoms with Crippen molar-refractivity contribution in [3.05, 3.63) is 115 Å². The number of nitrogens with zero attached hydrogens (tertiary/aromatic N) is 2. The van der Waals surface area contributed by atoms with Crippen LogP contribution in [0.4, 0.5) is 0 Å². The van der Waals surface area contributed by atoms with Crippen molar-refractivity contribution in [2.45, 2.75) is 47.7 Å². The monoisotopic (exact) mass is 868 g/mol. The van der Waals surface area contributed by atoms with E-state index in [1.807, 2.05) is 72.8 Å². The summed E-state index contributed by atoms with van der Waals surface area (Å²) < 4.78 is 1.72. The predicted octanol–water partition coefficient (Wildman–Crippen LogP) is 10.00. The SMILES string of the molecule is O=C(/C=C/c1ccc(Sc2ccc(/C=C/C(=O)N3CCC(O)CC3)c(-c3ccccc3Br)c2Cl)c(Cl)c1-c1ccccc1Br)N1CCC(O)CC1. The molecule has 2 fully saturated rings. The molecule has 0 spiro atoms. The third-order valence-corrected chi connectivity index (χ3v) is 12.7. The summed E-state index contributed by atoms with van der Waals surface area (Å²) in [5, 5.41) is 20.8. The molecular weight excluding hydrogens is 835 g/mol. The topological polar surface area (TPSA) is 81.1 Å². The van der Waals surface area contributed by atoms with Gasteiger partial charge in [0.25, 0.3) is 0 Å². The maximum Gasteiger partial charge on any atom is 0.246 e. The molecule has 2 amide bonds. The Balaban J connectivity index is 1.36. The van der Waals surface area contributed by atoms with Crippen LogP contribution in [-0.2, 0) is 9.59 Å². The third kappa shape index (κ3) is 9.02. The number of halogens is 4. The van der Waals surface area contributed by atoms with Crippen molar-refractivity contribution in [2.75, 3.05) is 26.2 Å². The van der Waals surface area contributed by atoms with Gasteiger partial charge in [0, 0.05) is 68.2 Å². The Morgan fingerprint density at radius 3 is 1.37 bits per heavy atom. The van der Waals surface area contributed by atoms with Crippen LogP contribution in [0.15, 0.2) is 104 Å². The zero-order valence-electron chi connectivity index (χ0n) is 27.6. The molecule has 6 rings (SSSR count). The maximum atomic E-state index is 13.1. The molecule has 2 heterocycles. The highest BCUT2D eigenvalue weighted by Crippen LogP contribution is 2.48. The second kappa shape index (κ2) is 17.3. The summed E-state index contributed by atoms with van der Waals surface area (Å²) in [6, 6.07) is 23.4. The van der Waals surface area contributed by atoms with E-state index in [4.69, 9.17) is 23.2 Å². The molecular formula is C40H36Br2Cl2N2O4S. The van der Waals surface area contributed by atoms with Crippen LogP contribution in [0.25, 0.3) is 34.4 Å². The van der Waals surface area contributed by atoms with Crippen molar-refractivity contribution in [3.63, 3.8) is 0 Å². The highest BCUT2D eigenvalue weighted by atomic mass is 79.9. The molecule has 51 heavy (non-hydrogen) atoms. The van der Waals surface area contributed by atoms with E-state index in [1.165, 1.54) is 11.8 Å². The number of piperidine rings is 2. The number of rotatable bonds is 8. The van der Waals surface area contributed by atoms with Gasteiger partial charge in [-0.25, -0.2) is 0 Å². The highest BCUT2D eigenvalue weighted by molar-refractivity contribution is 9.11. The standard InChI is InChI=1S/C40H36Br2Cl2N2O4S/c41-31-7-3-1-5-29(31)37-25(11-15-35(49)45-21-17-27(47)18-22-45)9-13-33(39(37)43)51-34-14-10-26(12-16-36(50)46-23-19-28(48)20-24-46)38(40(34)44)30-6-2-4-8-32(30)42/h1-16,27-28,47-48H,17-24H2/b15-11+,16-12+. The number of carbonyl (C=O) groups excluding carboxylic acids is 2. The van der Waals surface area contributed by atoms with Gasteiger partial charge in [-0.3, -0.25) is 9.59 Å². The van der Waals surface area contributed by atoms with E-state index < -0.39 is 0 Å². The number of amides is 2. The largest absolute Gasteiger partial charge is 0.393 e. The zero-order valence-corrected chi connectivity index (χ0v) is 33.1. The first-order valence-corrected chi connectivity index (χ1v) is 19.9. The summed E-state index contributed by atoms with van der Waals surface area (Å²) in [5.41, 5.74) is 4.89. The fourth-order valence-electron chi connectivity index (χ4n) is 6.28. The van der Waals surface area contributed by atoms with Gasteiger partial charge in [0.1, 0.15) is 0 Å². The van der Waals surface area contributed by atoms with Crippen LogP contribution in [0.1, 0.15) is 36.8 Å². The van der Waals surface area contributed by atoms with E-state index >= 15 is 0 Å². The minimum Gasteiger partial charge on any atom is -0.393 e. The average molecular weight is 872 g/mol. The van der Waals surface area contributed by atoms with Gasteiger partial charge < -0.3 is 20.0 Å². The zero-order chi connectivity index (χ0) is 36.1. The van der Waals surface area contributed by atoms with Crippen LogP contribution < -0.4 is 0 Å². The van der Waals surface area contributed by atoms with Crippen molar-refractivity contribution in [1.29, 1.82) is 0 Å². The van der Waals surface area contributed by atoms with Crippen LogP contribution in [-0.4, -0.2) is 70.2 Å². The fraction of sp³-hybridized carbons (Fsp3) is 0.250. The first-order valence-electron chi connectivity index (χ1n) is 16.7. The smallest absolute Gasteiger partial charge is 0.246 e. The minimum absolute atomic E-state index is 0.105. The summed E-state index contributed by atoms with van der Waals surface area (Å²) in [6.45, 7) is 2.09. The Morgan fingerprint density at radius 2 is 1.00 bits per heavy atom. The van der Waals surface area contributed by atoms with E-state index in [-0.39, 0.29) is 24.0 Å². The molecule has 0 unspecified atom stereocenters. The van der Waals surface area contributed by atoms with Gasteiger partial charge in [-0.05, 0) is 84.4 Å². The van der Waals surface area contributed by atoms with Crippen LogP contribution in [0.3, 0.4) is 0 Å². The summed E-state index contributed by atoms with van der Waals surface area (Å²) in [5.74, 6) is -0.210. The lowest BCUT2D eigenvalue weighted by Gasteiger charge is -2.28. The first-order chi connectivity index (χ1) is 24.6.